The Morgan fingerprint density at radius 2 is 1.95 bits per heavy atom. The fraction of sp³-hybridized carbons (Fsp3) is 0.143. The molecular formula is C14H14ClFN2O2S. The molecule has 0 saturated carbocycles. The lowest BCUT2D eigenvalue weighted by Crippen LogP contribution is -2.16. The molecule has 0 bridgehead atoms. The second-order valence-corrected chi connectivity index (χ2v) is 6.49. The summed E-state index contributed by atoms with van der Waals surface area (Å²) < 4.78 is 41.0. The molecule has 4 nitrogen and oxygen atoms in total. The molecular weight excluding hydrogens is 315 g/mol. The quantitative estimate of drug-likeness (QED) is 0.845. The van der Waals surface area contributed by atoms with Gasteiger partial charge in [-0.05, 0) is 30.2 Å². The second kappa shape index (κ2) is 5.91. The standard InChI is InChI=1S/C14H14ClFN2O2S/c1-2-9-5-3-4-6-12(9)18-21(19,20)13-8-10(17)7-11(15)14(13)16/h3-8,18H,2,17H2,1H3. The van der Waals surface area contributed by atoms with E-state index >= 15 is 0 Å². The van der Waals surface area contributed by atoms with E-state index in [1.54, 1.807) is 24.3 Å². The van der Waals surface area contributed by atoms with Gasteiger partial charge >= 0.3 is 0 Å². The van der Waals surface area contributed by atoms with E-state index in [0.717, 1.165) is 17.7 Å². The number of hydrogen-bond acceptors (Lipinski definition) is 3. The molecule has 0 heterocycles. The molecule has 0 spiro atoms. The molecule has 0 aliphatic carbocycles. The molecule has 2 aromatic rings. The van der Waals surface area contributed by atoms with E-state index in [4.69, 9.17) is 17.3 Å². The summed E-state index contributed by atoms with van der Waals surface area (Å²) >= 11 is 5.64. The lowest BCUT2D eigenvalue weighted by Gasteiger charge is -2.13. The number of aryl methyl sites for hydroxylation is 1. The zero-order valence-corrected chi connectivity index (χ0v) is 12.8. The summed E-state index contributed by atoms with van der Waals surface area (Å²) in [6.45, 7) is 1.89. The molecule has 0 unspecified atom stereocenters. The molecule has 21 heavy (non-hydrogen) atoms. The third kappa shape index (κ3) is 3.28. The predicted octanol–water partition coefficient (Wildman–Crippen LogP) is 3.42. The first-order chi connectivity index (χ1) is 9.85. The van der Waals surface area contributed by atoms with Crippen molar-refractivity contribution in [3.8, 4) is 0 Å². The van der Waals surface area contributed by atoms with Gasteiger partial charge in [-0.25, -0.2) is 12.8 Å². The number of benzene rings is 2. The van der Waals surface area contributed by atoms with Crippen LogP contribution in [0, 0.1) is 5.82 Å². The Bertz CT molecular complexity index is 779. The van der Waals surface area contributed by atoms with Gasteiger partial charge in [0.15, 0.2) is 5.82 Å². The first-order valence-electron chi connectivity index (χ1n) is 6.20. The fourth-order valence-corrected chi connectivity index (χ4v) is 3.43. The van der Waals surface area contributed by atoms with Gasteiger partial charge in [-0.1, -0.05) is 36.7 Å². The number of rotatable bonds is 4. The summed E-state index contributed by atoms with van der Waals surface area (Å²) in [7, 11) is -4.11. The summed E-state index contributed by atoms with van der Waals surface area (Å²) in [4.78, 5) is -0.571. The maximum Gasteiger partial charge on any atom is 0.264 e. The molecule has 0 aliphatic rings. The number of halogens is 2. The third-order valence-corrected chi connectivity index (χ3v) is 4.59. The highest BCUT2D eigenvalue weighted by Crippen LogP contribution is 2.28. The summed E-state index contributed by atoms with van der Waals surface area (Å²) in [5.74, 6) is -1.02. The van der Waals surface area contributed by atoms with Crippen LogP contribution in [0.4, 0.5) is 15.8 Å². The van der Waals surface area contributed by atoms with Crippen molar-refractivity contribution in [3.63, 3.8) is 0 Å². The summed E-state index contributed by atoms with van der Waals surface area (Å²) in [5, 5.41) is -0.334. The van der Waals surface area contributed by atoms with Crippen LogP contribution in [0.3, 0.4) is 0 Å². The molecule has 2 rings (SSSR count). The average Bonchev–Trinajstić information content (AvgIpc) is 2.43. The average molecular weight is 329 g/mol. The van der Waals surface area contributed by atoms with Gasteiger partial charge in [-0.3, -0.25) is 4.72 Å². The molecule has 7 heteroatoms. The summed E-state index contributed by atoms with van der Waals surface area (Å²) in [6, 6.07) is 9.10. The molecule has 0 saturated heterocycles. The third-order valence-electron chi connectivity index (χ3n) is 2.95. The Labute approximate surface area is 127 Å². The van der Waals surface area contributed by atoms with Gasteiger partial charge in [0, 0.05) is 5.69 Å². The second-order valence-electron chi connectivity index (χ2n) is 4.43. The Kier molecular flexibility index (Phi) is 4.39. The van der Waals surface area contributed by atoms with Crippen molar-refractivity contribution in [2.24, 2.45) is 0 Å². The lowest BCUT2D eigenvalue weighted by atomic mass is 10.1. The lowest BCUT2D eigenvalue weighted by molar-refractivity contribution is 0.571. The molecule has 0 radical (unpaired) electrons. The van der Waals surface area contributed by atoms with Gasteiger partial charge in [0.1, 0.15) is 4.90 Å². The Hall–Kier alpha value is -1.79. The van der Waals surface area contributed by atoms with E-state index in [-0.39, 0.29) is 10.7 Å². The summed E-state index contributed by atoms with van der Waals surface area (Å²) in [6.07, 6.45) is 0.638. The smallest absolute Gasteiger partial charge is 0.264 e. The van der Waals surface area contributed by atoms with Crippen molar-refractivity contribution in [2.75, 3.05) is 10.5 Å². The predicted molar refractivity (Wildman–Crippen MR) is 82.5 cm³/mol. The minimum atomic E-state index is -4.11. The van der Waals surface area contributed by atoms with Crippen LogP contribution >= 0.6 is 11.6 Å². The number of sulfonamides is 1. The minimum absolute atomic E-state index is 0.0746. The number of nitrogen functional groups attached to an aromatic ring is 1. The van der Waals surface area contributed by atoms with Crippen molar-refractivity contribution < 1.29 is 12.8 Å². The zero-order chi connectivity index (χ0) is 15.6. The maximum atomic E-state index is 14.0. The van der Waals surface area contributed by atoms with Crippen molar-refractivity contribution in [3.05, 3.63) is 52.8 Å². The molecule has 0 fully saturated rings. The van der Waals surface area contributed by atoms with Crippen LogP contribution < -0.4 is 10.5 Å². The summed E-state index contributed by atoms with van der Waals surface area (Å²) in [5.41, 5.74) is 6.81. The van der Waals surface area contributed by atoms with Crippen molar-refractivity contribution in [1.29, 1.82) is 0 Å². The van der Waals surface area contributed by atoms with Crippen molar-refractivity contribution in [2.45, 2.75) is 18.2 Å². The van der Waals surface area contributed by atoms with Gasteiger partial charge in [-0.2, -0.15) is 0 Å². The van der Waals surface area contributed by atoms with E-state index in [1.807, 2.05) is 6.92 Å². The highest BCUT2D eigenvalue weighted by molar-refractivity contribution is 7.92. The number of nitrogens with one attached hydrogen (secondary N) is 1. The molecule has 3 N–H and O–H groups in total. The van der Waals surface area contributed by atoms with E-state index in [2.05, 4.69) is 4.72 Å². The van der Waals surface area contributed by atoms with Crippen LogP contribution in [-0.2, 0) is 16.4 Å². The highest BCUT2D eigenvalue weighted by Gasteiger charge is 2.22. The fourth-order valence-electron chi connectivity index (χ4n) is 1.91. The molecule has 0 aliphatic heterocycles. The van der Waals surface area contributed by atoms with Gasteiger partial charge in [-0.15, -0.1) is 0 Å². The number of nitrogens with two attached hydrogens (primary N) is 1. The van der Waals surface area contributed by atoms with Gasteiger partial charge in [0.2, 0.25) is 0 Å². The van der Waals surface area contributed by atoms with Crippen LogP contribution in [0.1, 0.15) is 12.5 Å². The van der Waals surface area contributed by atoms with Crippen molar-refractivity contribution >= 4 is 33.0 Å². The molecule has 0 atom stereocenters. The first kappa shape index (κ1) is 15.6. The molecule has 0 aromatic heterocycles. The van der Waals surface area contributed by atoms with E-state index in [1.165, 1.54) is 0 Å². The van der Waals surface area contributed by atoms with Gasteiger partial charge in [0.25, 0.3) is 10.0 Å². The monoisotopic (exact) mass is 328 g/mol. The molecule has 2 aromatic carbocycles. The highest BCUT2D eigenvalue weighted by atomic mass is 35.5. The topological polar surface area (TPSA) is 72.2 Å². The van der Waals surface area contributed by atoms with E-state index in [9.17, 15) is 12.8 Å². The normalized spacial score (nSPS) is 11.4. The first-order valence-corrected chi connectivity index (χ1v) is 8.06. The van der Waals surface area contributed by atoms with Gasteiger partial charge < -0.3 is 5.73 Å². The van der Waals surface area contributed by atoms with Crippen molar-refractivity contribution in [1.82, 2.24) is 0 Å². The minimum Gasteiger partial charge on any atom is -0.399 e. The molecule has 112 valence electrons. The van der Waals surface area contributed by atoms with Crippen LogP contribution in [0.25, 0.3) is 0 Å². The molecule has 0 amide bonds. The SMILES string of the molecule is CCc1ccccc1NS(=O)(=O)c1cc(N)cc(Cl)c1F. The Balaban J connectivity index is 2.49. The van der Waals surface area contributed by atoms with Crippen LogP contribution in [0.5, 0.6) is 0 Å². The maximum absolute atomic E-state index is 14.0. The zero-order valence-electron chi connectivity index (χ0n) is 11.2. The van der Waals surface area contributed by atoms with E-state index in [0.29, 0.717) is 12.1 Å². The number of para-hydroxylation sites is 1. The van der Waals surface area contributed by atoms with Crippen LogP contribution in [0.2, 0.25) is 5.02 Å². The van der Waals surface area contributed by atoms with Gasteiger partial charge in [0.05, 0.1) is 10.7 Å². The number of anilines is 2. The largest absolute Gasteiger partial charge is 0.399 e. The van der Waals surface area contributed by atoms with Crippen LogP contribution in [-0.4, -0.2) is 8.42 Å². The number of hydrogen-bond donors (Lipinski definition) is 2. The van der Waals surface area contributed by atoms with Crippen LogP contribution in [0.15, 0.2) is 41.3 Å². The Morgan fingerprint density at radius 3 is 2.62 bits per heavy atom. The Morgan fingerprint density at radius 1 is 1.29 bits per heavy atom. The van der Waals surface area contributed by atoms with E-state index < -0.39 is 20.7 Å².